The predicted octanol–water partition coefficient (Wildman–Crippen LogP) is 4.41. The van der Waals surface area contributed by atoms with E-state index in [1.807, 2.05) is 36.7 Å². The van der Waals surface area contributed by atoms with Crippen molar-refractivity contribution in [2.75, 3.05) is 13.1 Å². The van der Waals surface area contributed by atoms with Crippen LogP contribution in [-0.2, 0) is 13.0 Å². The number of hydrogen-bond donors (Lipinski definition) is 3. The molecule has 166 valence electrons. The summed E-state index contributed by atoms with van der Waals surface area (Å²) in [5.74, 6) is 0. The lowest BCUT2D eigenvalue weighted by molar-refractivity contribution is 0.220. The van der Waals surface area contributed by atoms with E-state index < -0.39 is 0 Å². The lowest BCUT2D eigenvalue weighted by Crippen LogP contribution is -2.29. The standard InChI is InChI=1S/C26H27N7/c27-20-6-4-5-18-12-24(29-23(18)13-20)26-25-22(31-32-26)8-7-21(30-25)19-11-17(14-28-15-19)16-33-9-2-1-3-10-33/h4-8,11-12,14-15,29H,1-3,9-10,13,16,27H2,(H,31,32). The third kappa shape index (κ3) is 3.96. The molecule has 0 atom stereocenters. The second kappa shape index (κ2) is 8.33. The molecule has 7 nitrogen and oxygen atoms in total. The van der Waals surface area contributed by atoms with Crippen molar-refractivity contribution >= 4 is 17.1 Å². The van der Waals surface area contributed by atoms with Gasteiger partial charge in [0.1, 0.15) is 11.2 Å². The van der Waals surface area contributed by atoms with Crippen molar-refractivity contribution < 1.29 is 0 Å². The average Bonchev–Trinajstić information content (AvgIpc) is 3.39. The molecule has 2 aliphatic rings. The van der Waals surface area contributed by atoms with Gasteiger partial charge in [-0.3, -0.25) is 15.0 Å². The zero-order chi connectivity index (χ0) is 22.2. The van der Waals surface area contributed by atoms with Crippen molar-refractivity contribution in [1.29, 1.82) is 0 Å². The molecule has 0 saturated carbocycles. The molecule has 7 heteroatoms. The Morgan fingerprint density at radius 1 is 1.06 bits per heavy atom. The highest BCUT2D eigenvalue weighted by atomic mass is 15.1. The number of nitrogens with zero attached hydrogens (tertiary/aromatic N) is 4. The molecule has 0 aromatic carbocycles. The fraction of sp³-hybridized carbons (Fsp3) is 0.269. The van der Waals surface area contributed by atoms with Gasteiger partial charge in [0, 0.05) is 42.3 Å². The van der Waals surface area contributed by atoms with E-state index in [1.54, 1.807) is 0 Å². The summed E-state index contributed by atoms with van der Waals surface area (Å²) in [4.78, 5) is 15.5. The van der Waals surface area contributed by atoms with E-state index in [4.69, 9.17) is 10.7 Å². The number of likely N-dealkylation sites (tertiary alicyclic amines) is 1. The smallest absolute Gasteiger partial charge is 0.135 e. The van der Waals surface area contributed by atoms with Crippen LogP contribution in [0.2, 0.25) is 0 Å². The molecule has 5 heterocycles. The predicted molar refractivity (Wildman–Crippen MR) is 131 cm³/mol. The summed E-state index contributed by atoms with van der Waals surface area (Å²) in [6.45, 7) is 3.28. The van der Waals surface area contributed by atoms with Crippen LogP contribution < -0.4 is 5.73 Å². The van der Waals surface area contributed by atoms with Gasteiger partial charge < -0.3 is 10.7 Å². The van der Waals surface area contributed by atoms with E-state index in [2.05, 4.69) is 43.3 Å². The molecule has 0 bridgehead atoms. The van der Waals surface area contributed by atoms with Gasteiger partial charge in [-0.2, -0.15) is 5.10 Å². The summed E-state index contributed by atoms with van der Waals surface area (Å²) in [5, 5.41) is 7.69. The highest BCUT2D eigenvalue weighted by Gasteiger charge is 2.17. The van der Waals surface area contributed by atoms with Crippen LogP contribution in [0.4, 0.5) is 0 Å². The quantitative estimate of drug-likeness (QED) is 0.439. The third-order valence-corrected chi connectivity index (χ3v) is 6.51. The Labute approximate surface area is 192 Å². The van der Waals surface area contributed by atoms with Gasteiger partial charge in [0.15, 0.2) is 0 Å². The first-order chi connectivity index (χ1) is 16.2. The van der Waals surface area contributed by atoms with Gasteiger partial charge in [0.25, 0.3) is 0 Å². The first kappa shape index (κ1) is 19.9. The highest BCUT2D eigenvalue weighted by Crippen LogP contribution is 2.30. The third-order valence-electron chi connectivity index (χ3n) is 6.51. The fourth-order valence-corrected chi connectivity index (χ4v) is 4.81. The number of pyridine rings is 2. The number of fused-ring (bicyclic) bond motifs is 2. The van der Waals surface area contributed by atoms with Crippen LogP contribution in [0.15, 0.2) is 54.5 Å². The highest BCUT2D eigenvalue weighted by molar-refractivity contribution is 5.90. The Kier molecular flexibility index (Phi) is 5.03. The van der Waals surface area contributed by atoms with Crippen LogP contribution in [0, 0.1) is 0 Å². The summed E-state index contributed by atoms with van der Waals surface area (Å²) in [5.41, 5.74) is 15.8. The van der Waals surface area contributed by atoms with Crippen LogP contribution in [0.3, 0.4) is 0 Å². The second-order valence-corrected chi connectivity index (χ2v) is 8.98. The molecule has 1 fully saturated rings. The Morgan fingerprint density at radius 3 is 2.88 bits per heavy atom. The van der Waals surface area contributed by atoms with Gasteiger partial charge >= 0.3 is 0 Å². The molecule has 0 radical (unpaired) electrons. The van der Waals surface area contributed by atoms with Crippen LogP contribution in [-0.4, -0.2) is 43.1 Å². The van der Waals surface area contributed by atoms with Gasteiger partial charge in [0.05, 0.1) is 16.9 Å². The monoisotopic (exact) mass is 437 g/mol. The summed E-state index contributed by atoms with van der Waals surface area (Å²) >= 11 is 0. The minimum Gasteiger partial charge on any atom is -0.402 e. The molecule has 0 unspecified atom stereocenters. The van der Waals surface area contributed by atoms with Crippen LogP contribution in [0.1, 0.15) is 36.1 Å². The van der Waals surface area contributed by atoms with Gasteiger partial charge in [-0.25, -0.2) is 4.98 Å². The van der Waals surface area contributed by atoms with Gasteiger partial charge in [-0.1, -0.05) is 18.6 Å². The van der Waals surface area contributed by atoms with Crippen molar-refractivity contribution in [2.24, 2.45) is 5.73 Å². The summed E-state index contributed by atoms with van der Waals surface area (Å²) < 4.78 is 0. The normalized spacial score (nSPS) is 16.5. The maximum absolute atomic E-state index is 6.07. The molecule has 6 rings (SSSR count). The van der Waals surface area contributed by atoms with Crippen molar-refractivity contribution in [3.05, 3.63) is 71.3 Å². The number of aromatic nitrogens is 5. The topological polar surface area (TPSA) is 99.5 Å². The van der Waals surface area contributed by atoms with Crippen molar-refractivity contribution in [2.45, 2.75) is 32.2 Å². The van der Waals surface area contributed by atoms with E-state index >= 15 is 0 Å². The van der Waals surface area contributed by atoms with Crippen LogP contribution >= 0.6 is 0 Å². The fourth-order valence-electron chi connectivity index (χ4n) is 4.81. The number of rotatable bonds is 4. The molecule has 1 aliphatic carbocycles. The van der Waals surface area contributed by atoms with E-state index in [1.165, 1.54) is 37.9 Å². The second-order valence-electron chi connectivity index (χ2n) is 8.98. The molecule has 0 spiro atoms. The lowest BCUT2D eigenvalue weighted by Gasteiger charge is -2.26. The zero-order valence-electron chi connectivity index (χ0n) is 18.5. The Hall–Kier alpha value is -3.71. The first-order valence-corrected chi connectivity index (χ1v) is 11.6. The van der Waals surface area contributed by atoms with Gasteiger partial charge in [0.2, 0.25) is 0 Å². The summed E-state index contributed by atoms with van der Waals surface area (Å²) in [7, 11) is 0. The number of nitrogens with one attached hydrogen (secondary N) is 2. The number of piperidine rings is 1. The molecule has 4 aromatic rings. The molecule has 4 aromatic heterocycles. The van der Waals surface area contributed by atoms with Crippen molar-refractivity contribution in [1.82, 2.24) is 30.0 Å². The number of allylic oxidation sites excluding steroid dienone is 3. The summed E-state index contributed by atoms with van der Waals surface area (Å²) in [6.07, 6.45) is 14.5. The Morgan fingerprint density at radius 2 is 1.97 bits per heavy atom. The molecular weight excluding hydrogens is 410 g/mol. The number of aromatic amines is 2. The van der Waals surface area contributed by atoms with E-state index in [0.717, 1.165) is 57.2 Å². The lowest BCUT2D eigenvalue weighted by atomic mass is 10.1. The molecule has 0 amide bonds. The van der Waals surface area contributed by atoms with Gasteiger partial charge in [-0.15, -0.1) is 0 Å². The summed E-state index contributed by atoms with van der Waals surface area (Å²) in [6, 6.07) is 8.40. The maximum atomic E-state index is 6.07. The Balaban J connectivity index is 1.33. The van der Waals surface area contributed by atoms with Gasteiger partial charge in [-0.05, 0) is 67.4 Å². The average molecular weight is 438 g/mol. The Bertz CT molecular complexity index is 1370. The molecule has 33 heavy (non-hydrogen) atoms. The van der Waals surface area contributed by atoms with E-state index in [0.29, 0.717) is 6.42 Å². The van der Waals surface area contributed by atoms with E-state index in [-0.39, 0.29) is 0 Å². The first-order valence-electron chi connectivity index (χ1n) is 11.6. The number of nitrogens with two attached hydrogens (primary N) is 1. The minimum atomic E-state index is 0.693. The number of H-pyrrole nitrogens is 2. The molecule has 1 saturated heterocycles. The number of hydrogen-bond acceptors (Lipinski definition) is 5. The van der Waals surface area contributed by atoms with E-state index in [9.17, 15) is 0 Å². The largest absolute Gasteiger partial charge is 0.402 e. The van der Waals surface area contributed by atoms with Crippen molar-refractivity contribution in [3.8, 4) is 22.6 Å². The molecule has 1 aliphatic heterocycles. The van der Waals surface area contributed by atoms with Crippen LogP contribution in [0.25, 0.3) is 39.8 Å². The molecule has 4 N–H and O–H groups in total. The van der Waals surface area contributed by atoms with Crippen LogP contribution in [0.5, 0.6) is 0 Å². The molecular formula is C26H27N7. The SMILES string of the molecule is NC1=CC=Cc2cc(-c3n[nH]c4ccc(-c5cncc(CN6CCCCC6)c5)nc34)[nH]c2C1. The maximum Gasteiger partial charge on any atom is 0.135 e. The minimum absolute atomic E-state index is 0.693. The zero-order valence-corrected chi connectivity index (χ0v) is 18.5. The van der Waals surface area contributed by atoms with Crippen molar-refractivity contribution in [3.63, 3.8) is 0 Å².